The summed E-state index contributed by atoms with van der Waals surface area (Å²) in [5.74, 6) is 0.847. The van der Waals surface area contributed by atoms with Crippen LogP contribution in [0, 0.1) is 0 Å². The number of fused-ring (bicyclic) bond motifs is 1. The van der Waals surface area contributed by atoms with Crippen molar-refractivity contribution >= 4 is 29.1 Å². The van der Waals surface area contributed by atoms with Gasteiger partial charge in [-0.15, -0.1) is 0 Å². The molecule has 2 aliphatic rings. The lowest BCUT2D eigenvalue weighted by Crippen LogP contribution is -2.73. The molecule has 0 unspecified atom stereocenters. The Hall–Kier alpha value is -4.10. The molecule has 7 heteroatoms. The van der Waals surface area contributed by atoms with E-state index in [2.05, 4.69) is 53.2 Å². The molecule has 0 radical (unpaired) electrons. The minimum Gasteiger partial charge on any atom is -0.483 e. The van der Waals surface area contributed by atoms with Crippen LogP contribution < -0.4 is 10.6 Å². The van der Waals surface area contributed by atoms with Gasteiger partial charge in [-0.3, -0.25) is 14.5 Å². The highest BCUT2D eigenvalue weighted by Crippen LogP contribution is 2.39. The Kier molecular flexibility index (Phi) is 6.48. The first kappa shape index (κ1) is 23.6. The first-order valence-corrected chi connectivity index (χ1v) is 12.2. The number of carbonyl (C=O) groups is 2. The van der Waals surface area contributed by atoms with Crippen molar-refractivity contribution in [2.75, 3.05) is 11.4 Å². The van der Waals surface area contributed by atoms with Gasteiger partial charge < -0.3 is 10.8 Å². The fraction of sp³-hybridized carbons (Fsp3) is 0.241. The summed E-state index contributed by atoms with van der Waals surface area (Å²) in [7, 11) is 0. The largest absolute Gasteiger partial charge is 0.483 e. The summed E-state index contributed by atoms with van der Waals surface area (Å²) < 4.78 is 0. The Morgan fingerprint density at radius 2 is 1.69 bits per heavy atom. The fourth-order valence-electron chi connectivity index (χ4n) is 5.10. The predicted octanol–water partition coefficient (Wildman–Crippen LogP) is 4.41. The standard InChI is InChI=1S/C28H26N4O.CH2O2/c29-28(14-5-15-28)21-11-9-20(10-12-21)26-22(19-6-2-1-3-7-19)18-23-24(31-26)13-16-30-27(23)32-17-4-8-25(32)33;2-1-3/h1-3,6-7,9-13,16,18H,4-5,8,14-15,17,29H2;1H,(H,2,3)/p+1. The molecule has 2 fully saturated rings. The van der Waals surface area contributed by atoms with Crippen LogP contribution in [0.15, 0.2) is 72.9 Å². The van der Waals surface area contributed by atoms with Crippen molar-refractivity contribution in [3.63, 3.8) is 0 Å². The van der Waals surface area contributed by atoms with E-state index in [4.69, 9.17) is 14.9 Å². The van der Waals surface area contributed by atoms with Gasteiger partial charge in [0.25, 0.3) is 6.47 Å². The van der Waals surface area contributed by atoms with Crippen LogP contribution in [0.4, 0.5) is 5.82 Å². The Bertz CT molecular complexity index is 1400. The first-order chi connectivity index (χ1) is 17.5. The molecule has 0 bridgehead atoms. The number of quaternary nitrogens is 1. The number of pyridine rings is 2. The zero-order valence-corrected chi connectivity index (χ0v) is 20.1. The second-order valence-corrected chi connectivity index (χ2v) is 9.42. The average Bonchev–Trinajstić information content (AvgIpc) is 3.33. The Labute approximate surface area is 209 Å². The maximum Gasteiger partial charge on any atom is 0.290 e. The van der Waals surface area contributed by atoms with Crippen LogP contribution in [0.1, 0.15) is 37.7 Å². The second kappa shape index (κ2) is 9.87. The number of hydrogen-bond acceptors (Lipinski definition) is 4. The molecule has 7 nitrogen and oxygen atoms in total. The van der Waals surface area contributed by atoms with Gasteiger partial charge in [0.15, 0.2) is 0 Å². The van der Waals surface area contributed by atoms with Crippen LogP contribution in [-0.4, -0.2) is 34.0 Å². The maximum absolute atomic E-state index is 12.5. The van der Waals surface area contributed by atoms with Crippen molar-refractivity contribution in [2.45, 2.75) is 37.6 Å². The van der Waals surface area contributed by atoms with Gasteiger partial charge in [-0.2, -0.15) is 0 Å². The van der Waals surface area contributed by atoms with Crippen molar-refractivity contribution in [1.29, 1.82) is 0 Å². The number of aromatic nitrogens is 2. The number of anilines is 1. The number of hydrogen-bond donors (Lipinski definition) is 2. The van der Waals surface area contributed by atoms with Gasteiger partial charge in [0.1, 0.15) is 11.4 Å². The minimum atomic E-state index is -0.250. The van der Waals surface area contributed by atoms with Crippen LogP contribution in [0.2, 0.25) is 0 Å². The van der Waals surface area contributed by atoms with E-state index in [9.17, 15) is 4.79 Å². The third kappa shape index (κ3) is 4.33. The summed E-state index contributed by atoms with van der Waals surface area (Å²) in [6.07, 6.45) is 6.77. The second-order valence-electron chi connectivity index (χ2n) is 9.42. The topological polar surface area (TPSA) is 111 Å². The van der Waals surface area contributed by atoms with E-state index >= 15 is 0 Å². The van der Waals surface area contributed by atoms with E-state index in [1.54, 1.807) is 11.1 Å². The number of rotatable bonds is 4. The lowest BCUT2D eigenvalue weighted by molar-refractivity contribution is -0.509. The van der Waals surface area contributed by atoms with E-state index in [0.29, 0.717) is 18.8 Å². The highest BCUT2D eigenvalue weighted by molar-refractivity contribution is 6.04. The Morgan fingerprint density at radius 3 is 2.31 bits per heavy atom. The maximum atomic E-state index is 12.5. The summed E-state index contributed by atoms with van der Waals surface area (Å²) in [6, 6.07) is 23.2. The highest BCUT2D eigenvalue weighted by atomic mass is 16.3. The van der Waals surface area contributed by atoms with Gasteiger partial charge in [-0.25, -0.2) is 9.97 Å². The number of carbonyl (C=O) groups excluding carboxylic acids is 1. The molecule has 4 N–H and O–H groups in total. The van der Waals surface area contributed by atoms with Crippen LogP contribution >= 0.6 is 0 Å². The molecule has 1 aliphatic carbocycles. The summed E-state index contributed by atoms with van der Waals surface area (Å²) in [6.45, 7) is 0.460. The molecule has 1 amide bonds. The van der Waals surface area contributed by atoms with Crippen LogP contribution in [-0.2, 0) is 15.1 Å². The predicted molar refractivity (Wildman–Crippen MR) is 139 cm³/mol. The molecule has 1 saturated heterocycles. The monoisotopic (exact) mass is 481 g/mol. The molecule has 1 saturated carbocycles. The number of carboxylic acid groups (broad SMARTS) is 1. The molecule has 1 aliphatic heterocycles. The van der Waals surface area contributed by atoms with E-state index in [1.807, 2.05) is 24.3 Å². The number of amides is 1. The van der Waals surface area contributed by atoms with E-state index < -0.39 is 0 Å². The van der Waals surface area contributed by atoms with E-state index in [-0.39, 0.29) is 17.9 Å². The van der Waals surface area contributed by atoms with Crippen LogP contribution in [0.5, 0.6) is 0 Å². The molecular formula is C29H29N4O3+. The lowest BCUT2D eigenvalue weighted by atomic mass is 9.72. The SMILES string of the molecule is O=CO.[NH3+]C1(c2ccc(-c3nc4ccnc(N5CCCC5=O)c4cc3-c3ccccc3)cc2)CCC1. The summed E-state index contributed by atoms with van der Waals surface area (Å²) in [5, 5.41) is 7.80. The number of nitrogens with zero attached hydrogens (tertiary/aromatic N) is 3. The lowest BCUT2D eigenvalue weighted by Gasteiger charge is -2.34. The summed E-state index contributed by atoms with van der Waals surface area (Å²) in [5.41, 5.74) is 10.8. The van der Waals surface area contributed by atoms with E-state index in [0.717, 1.165) is 52.5 Å². The molecule has 182 valence electrons. The van der Waals surface area contributed by atoms with Crippen molar-refractivity contribution in [2.24, 2.45) is 0 Å². The smallest absolute Gasteiger partial charge is 0.290 e. The number of benzene rings is 2. The third-order valence-electron chi connectivity index (χ3n) is 7.22. The van der Waals surface area contributed by atoms with Crippen molar-refractivity contribution in [3.8, 4) is 22.4 Å². The quantitative estimate of drug-likeness (QED) is 0.420. The molecule has 0 atom stereocenters. The zero-order chi connectivity index (χ0) is 25.1. The zero-order valence-electron chi connectivity index (χ0n) is 20.1. The normalized spacial score (nSPS) is 16.2. The van der Waals surface area contributed by atoms with Gasteiger partial charge in [-0.05, 0) is 30.5 Å². The van der Waals surface area contributed by atoms with Crippen LogP contribution in [0.3, 0.4) is 0 Å². The molecule has 36 heavy (non-hydrogen) atoms. The summed E-state index contributed by atoms with van der Waals surface area (Å²) in [4.78, 5) is 32.3. The van der Waals surface area contributed by atoms with Gasteiger partial charge in [0, 0.05) is 54.1 Å². The fourth-order valence-corrected chi connectivity index (χ4v) is 5.10. The van der Waals surface area contributed by atoms with Crippen molar-refractivity contribution in [1.82, 2.24) is 9.97 Å². The highest BCUT2D eigenvalue weighted by Gasteiger charge is 2.38. The molecule has 0 spiro atoms. The molecule has 4 aromatic rings. The summed E-state index contributed by atoms with van der Waals surface area (Å²) >= 11 is 0. The molecule has 6 rings (SSSR count). The van der Waals surface area contributed by atoms with Gasteiger partial charge in [0.2, 0.25) is 5.91 Å². The van der Waals surface area contributed by atoms with Gasteiger partial charge >= 0.3 is 0 Å². The Morgan fingerprint density at radius 1 is 0.972 bits per heavy atom. The Balaban J connectivity index is 0.000000848. The molecule has 3 heterocycles. The molecular weight excluding hydrogens is 452 g/mol. The van der Waals surface area contributed by atoms with Gasteiger partial charge in [-0.1, -0.05) is 54.6 Å². The molecule has 2 aromatic carbocycles. The first-order valence-electron chi connectivity index (χ1n) is 12.2. The average molecular weight is 482 g/mol. The van der Waals surface area contributed by atoms with E-state index in [1.165, 1.54) is 12.0 Å². The third-order valence-corrected chi connectivity index (χ3v) is 7.22. The molecule has 2 aromatic heterocycles. The minimum absolute atomic E-state index is 0.0699. The van der Waals surface area contributed by atoms with Crippen molar-refractivity contribution < 1.29 is 20.4 Å². The van der Waals surface area contributed by atoms with Gasteiger partial charge in [0.05, 0.1) is 11.2 Å². The van der Waals surface area contributed by atoms with Crippen molar-refractivity contribution in [3.05, 3.63) is 78.5 Å². The van der Waals surface area contributed by atoms with Crippen LogP contribution in [0.25, 0.3) is 33.3 Å².